The molecule has 1 aliphatic rings. The molecule has 4 heteroatoms. The van der Waals surface area contributed by atoms with E-state index in [0.29, 0.717) is 0 Å². The van der Waals surface area contributed by atoms with Crippen LogP contribution in [0, 0.1) is 3.57 Å². The number of pyridine rings is 1. The molecule has 3 nitrogen and oxygen atoms in total. The lowest BCUT2D eigenvalue weighted by Crippen LogP contribution is -1.95. The third kappa shape index (κ3) is 3.14. The third-order valence-electron chi connectivity index (χ3n) is 4.04. The predicted octanol–water partition coefficient (Wildman–Crippen LogP) is 5.23. The maximum Gasteiger partial charge on any atom is 0.133 e. The minimum Gasteiger partial charge on any atom is -0.365 e. The Hall–Kier alpha value is -2.34. The van der Waals surface area contributed by atoms with Gasteiger partial charge in [-0.1, -0.05) is 30.3 Å². The van der Waals surface area contributed by atoms with Crippen molar-refractivity contribution < 1.29 is 0 Å². The number of hydrogen-bond donors (Lipinski definition) is 2. The standard InChI is InChI=1S/C20H16IN3/c21-17-6-8-18(9-7-17)22-12-16-13-24-20-19(16)10-15(11-23-20)14-4-2-1-3-5-14/h1-12,22H,13H2,(H,23,24). The summed E-state index contributed by atoms with van der Waals surface area (Å²) in [5.41, 5.74) is 5.79. The van der Waals surface area contributed by atoms with Gasteiger partial charge >= 0.3 is 0 Å². The number of fused-ring (bicyclic) bond motifs is 1. The summed E-state index contributed by atoms with van der Waals surface area (Å²) in [6.07, 6.45) is 3.99. The fraction of sp³-hybridized carbons (Fsp3) is 0.0500. The van der Waals surface area contributed by atoms with Crippen molar-refractivity contribution in [3.63, 3.8) is 0 Å². The van der Waals surface area contributed by atoms with Crippen LogP contribution in [0.2, 0.25) is 0 Å². The average molecular weight is 425 g/mol. The van der Waals surface area contributed by atoms with E-state index in [2.05, 4.69) is 99.0 Å². The quantitative estimate of drug-likeness (QED) is 0.565. The number of halogens is 1. The summed E-state index contributed by atoms with van der Waals surface area (Å²) in [5.74, 6) is 0.949. The van der Waals surface area contributed by atoms with E-state index in [9.17, 15) is 0 Å². The van der Waals surface area contributed by atoms with Crippen molar-refractivity contribution in [2.24, 2.45) is 0 Å². The highest BCUT2D eigenvalue weighted by Gasteiger charge is 2.17. The highest BCUT2D eigenvalue weighted by molar-refractivity contribution is 14.1. The average Bonchev–Trinajstić information content (AvgIpc) is 3.04. The smallest absolute Gasteiger partial charge is 0.133 e. The zero-order valence-corrected chi connectivity index (χ0v) is 15.1. The van der Waals surface area contributed by atoms with E-state index in [1.807, 2.05) is 12.3 Å². The van der Waals surface area contributed by atoms with Crippen LogP contribution in [0.3, 0.4) is 0 Å². The van der Waals surface area contributed by atoms with Crippen LogP contribution in [0.4, 0.5) is 11.5 Å². The molecule has 0 atom stereocenters. The maximum absolute atomic E-state index is 4.57. The van der Waals surface area contributed by atoms with Crippen LogP contribution >= 0.6 is 22.6 Å². The summed E-state index contributed by atoms with van der Waals surface area (Å²) in [5, 5.41) is 6.73. The second kappa shape index (κ2) is 6.65. The van der Waals surface area contributed by atoms with E-state index in [0.717, 1.165) is 29.2 Å². The van der Waals surface area contributed by atoms with Gasteiger partial charge in [0, 0.05) is 39.3 Å². The van der Waals surface area contributed by atoms with Gasteiger partial charge in [-0.3, -0.25) is 0 Å². The maximum atomic E-state index is 4.57. The van der Waals surface area contributed by atoms with Crippen molar-refractivity contribution in [1.82, 2.24) is 4.98 Å². The van der Waals surface area contributed by atoms with Gasteiger partial charge in [0.25, 0.3) is 0 Å². The molecule has 2 heterocycles. The zero-order chi connectivity index (χ0) is 16.4. The van der Waals surface area contributed by atoms with Gasteiger partial charge in [-0.25, -0.2) is 4.98 Å². The number of rotatable bonds is 3. The number of hydrogen-bond acceptors (Lipinski definition) is 3. The molecule has 24 heavy (non-hydrogen) atoms. The highest BCUT2D eigenvalue weighted by atomic mass is 127. The number of benzene rings is 2. The molecule has 1 aliphatic heterocycles. The van der Waals surface area contributed by atoms with Crippen molar-refractivity contribution in [2.45, 2.75) is 0 Å². The van der Waals surface area contributed by atoms with Gasteiger partial charge in [0.1, 0.15) is 5.82 Å². The minimum atomic E-state index is 0.790. The fourth-order valence-electron chi connectivity index (χ4n) is 2.76. The third-order valence-corrected chi connectivity index (χ3v) is 4.76. The Labute approximate surface area is 155 Å². The molecule has 0 radical (unpaired) electrons. The van der Waals surface area contributed by atoms with Crippen LogP contribution < -0.4 is 10.6 Å². The molecule has 2 aromatic carbocycles. The second-order valence-corrected chi connectivity index (χ2v) is 6.91. The number of aromatic nitrogens is 1. The fourth-order valence-corrected chi connectivity index (χ4v) is 3.12. The lowest BCUT2D eigenvalue weighted by Gasteiger charge is -2.06. The summed E-state index contributed by atoms with van der Waals surface area (Å²) in [6.45, 7) is 0.790. The topological polar surface area (TPSA) is 37.0 Å². The van der Waals surface area contributed by atoms with Crippen LogP contribution in [-0.4, -0.2) is 11.5 Å². The second-order valence-electron chi connectivity index (χ2n) is 5.66. The molecule has 1 aromatic heterocycles. The molecule has 0 saturated heterocycles. The Morgan fingerprint density at radius 2 is 1.79 bits per heavy atom. The molecule has 2 N–H and O–H groups in total. The first-order chi connectivity index (χ1) is 11.8. The van der Waals surface area contributed by atoms with Crippen LogP contribution in [-0.2, 0) is 0 Å². The molecule has 0 unspecified atom stereocenters. The molecule has 0 aliphatic carbocycles. The summed E-state index contributed by atoms with van der Waals surface area (Å²) in [4.78, 5) is 4.57. The van der Waals surface area contributed by atoms with Crippen LogP contribution in [0.1, 0.15) is 5.56 Å². The van der Waals surface area contributed by atoms with Crippen LogP contribution in [0.25, 0.3) is 16.7 Å². The first-order valence-corrected chi connectivity index (χ1v) is 8.88. The van der Waals surface area contributed by atoms with E-state index in [-0.39, 0.29) is 0 Å². The van der Waals surface area contributed by atoms with Gasteiger partial charge in [-0.05, 0) is 64.1 Å². The molecule has 0 amide bonds. The van der Waals surface area contributed by atoms with Crippen molar-refractivity contribution in [1.29, 1.82) is 0 Å². The lowest BCUT2D eigenvalue weighted by atomic mass is 10.0. The monoisotopic (exact) mass is 425 g/mol. The van der Waals surface area contributed by atoms with Gasteiger partial charge < -0.3 is 10.6 Å². The van der Waals surface area contributed by atoms with E-state index >= 15 is 0 Å². The Balaban J connectivity index is 1.63. The van der Waals surface area contributed by atoms with Crippen LogP contribution in [0.5, 0.6) is 0 Å². The van der Waals surface area contributed by atoms with E-state index in [4.69, 9.17) is 0 Å². The molecule has 0 fully saturated rings. The largest absolute Gasteiger partial charge is 0.365 e. The van der Waals surface area contributed by atoms with Crippen molar-refractivity contribution in [3.8, 4) is 11.1 Å². The van der Waals surface area contributed by atoms with E-state index in [1.54, 1.807) is 0 Å². The Morgan fingerprint density at radius 3 is 2.58 bits per heavy atom. The molecular weight excluding hydrogens is 409 g/mol. The summed E-state index contributed by atoms with van der Waals surface area (Å²) < 4.78 is 1.23. The summed E-state index contributed by atoms with van der Waals surface area (Å²) in [6, 6.07) is 20.9. The first kappa shape index (κ1) is 15.2. The molecular formula is C20H16IN3. The Morgan fingerprint density at radius 1 is 1.00 bits per heavy atom. The number of nitrogens with one attached hydrogen (secondary N) is 2. The predicted molar refractivity (Wildman–Crippen MR) is 109 cm³/mol. The van der Waals surface area contributed by atoms with E-state index in [1.165, 1.54) is 14.7 Å². The minimum absolute atomic E-state index is 0.790. The summed E-state index contributed by atoms with van der Waals surface area (Å²) in [7, 11) is 0. The highest BCUT2D eigenvalue weighted by Crippen LogP contribution is 2.32. The first-order valence-electron chi connectivity index (χ1n) is 7.80. The zero-order valence-electron chi connectivity index (χ0n) is 13.0. The van der Waals surface area contributed by atoms with Gasteiger partial charge in [0.2, 0.25) is 0 Å². The molecule has 3 aromatic rings. The van der Waals surface area contributed by atoms with Crippen molar-refractivity contribution in [2.75, 3.05) is 17.2 Å². The molecule has 118 valence electrons. The van der Waals surface area contributed by atoms with Gasteiger partial charge in [-0.2, -0.15) is 0 Å². The van der Waals surface area contributed by atoms with Crippen molar-refractivity contribution >= 4 is 39.7 Å². The number of anilines is 2. The Bertz CT molecular complexity index is 887. The molecule has 0 bridgehead atoms. The lowest BCUT2D eigenvalue weighted by molar-refractivity contribution is 1.29. The SMILES string of the molecule is Ic1ccc(NC=C2CNc3ncc(-c4ccccc4)cc32)cc1. The molecule has 0 saturated carbocycles. The van der Waals surface area contributed by atoms with Gasteiger partial charge in [0.05, 0.1) is 0 Å². The molecule has 4 rings (SSSR count). The number of nitrogens with zero attached hydrogens (tertiary/aromatic N) is 1. The summed E-state index contributed by atoms with van der Waals surface area (Å²) >= 11 is 2.31. The van der Waals surface area contributed by atoms with Crippen molar-refractivity contribution in [3.05, 3.63) is 82.2 Å². The van der Waals surface area contributed by atoms with Gasteiger partial charge in [0.15, 0.2) is 0 Å². The molecule has 0 spiro atoms. The Kier molecular flexibility index (Phi) is 4.21. The van der Waals surface area contributed by atoms with Gasteiger partial charge in [-0.15, -0.1) is 0 Å². The van der Waals surface area contributed by atoms with E-state index < -0.39 is 0 Å². The van der Waals surface area contributed by atoms with Crippen LogP contribution in [0.15, 0.2) is 73.1 Å². The normalized spacial score (nSPS) is 14.3.